The summed E-state index contributed by atoms with van der Waals surface area (Å²) in [6.07, 6.45) is 4.24. The number of hydrogen-bond donors (Lipinski definition) is 2. The summed E-state index contributed by atoms with van der Waals surface area (Å²) in [5, 5.41) is 14.2. The molecule has 0 unspecified atom stereocenters. The smallest absolute Gasteiger partial charge is 0.258 e. The molecule has 0 spiro atoms. The minimum Gasteiger partial charge on any atom is -0.508 e. The number of anilines is 1. The summed E-state index contributed by atoms with van der Waals surface area (Å²) >= 11 is 0. The summed E-state index contributed by atoms with van der Waals surface area (Å²) in [5.74, 6) is 1.41. The standard InChI is InChI=1S/C21H22N4O3/c1-12-16(17-18(24-21(2)7-8-21)22-11-23-19(17)28-12)20(27)25-9-6-14-13(10-25)4-3-5-15(14)26/h3-5,11,26H,6-10H2,1-2H3,(H,22,23,24). The zero-order valence-corrected chi connectivity index (χ0v) is 16.0. The van der Waals surface area contributed by atoms with E-state index in [1.165, 1.54) is 6.33 Å². The van der Waals surface area contributed by atoms with Gasteiger partial charge in [0.2, 0.25) is 5.71 Å². The van der Waals surface area contributed by atoms with E-state index in [1.807, 2.05) is 12.1 Å². The number of aryl methyl sites for hydroxylation is 1. The Morgan fingerprint density at radius 3 is 2.93 bits per heavy atom. The molecule has 2 N–H and O–H groups in total. The fourth-order valence-corrected chi connectivity index (χ4v) is 3.92. The second kappa shape index (κ2) is 5.95. The Balaban J connectivity index is 1.54. The lowest BCUT2D eigenvalue weighted by molar-refractivity contribution is 0.0733. The number of carbonyl (C=O) groups is 1. The zero-order valence-electron chi connectivity index (χ0n) is 16.0. The van der Waals surface area contributed by atoms with Crippen LogP contribution >= 0.6 is 0 Å². The summed E-state index contributed by atoms with van der Waals surface area (Å²) in [4.78, 5) is 23.9. The molecule has 1 aliphatic carbocycles. The lowest BCUT2D eigenvalue weighted by atomic mass is 9.98. The first-order valence-corrected chi connectivity index (χ1v) is 9.56. The number of benzene rings is 1. The molecule has 1 saturated carbocycles. The molecule has 0 atom stereocenters. The number of phenols is 1. The van der Waals surface area contributed by atoms with Gasteiger partial charge in [-0.05, 0) is 44.7 Å². The number of carbonyl (C=O) groups excluding carboxylic acids is 1. The van der Waals surface area contributed by atoms with Gasteiger partial charge in [-0.3, -0.25) is 4.79 Å². The molecule has 7 heteroatoms. The number of aromatic hydroxyl groups is 1. The fourth-order valence-electron chi connectivity index (χ4n) is 3.92. The monoisotopic (exact) mass is 378 g/mol. The number of hydrogen-bond acceptors (Lipinski definition) is 6. The van der Waals surface area contributed by atoms with Crippen molar-refractivity contribution in [1.29, 1.82) is 0 Å². The molecule has 0 radical (unpaired) electrons. The lowest BCUT2D eigenvalue weighted by Crippen LogP contribution is -2.36. The Labute approximate surface area is 162 Å². The molecule has 7 nitrogen and oxygen atoms in total. The highest BCUT2D eigenvalue weighted by molar-refractivity contribution is 6.10. The van der Waals surface area contributed by atoms with E-state index in [0.29, 0.717) is 53.5 Å². The summed E-state index contributed by atoms with van der Waals surface area (Å²) in [5.41, 5.74) is 2.87. The van der Waals surface area contributed by atoms with Crippen molar-refractivity contribution in [2.75, 3.05) is 11.9 Å². The second-order valence-corrected chi connectivity index (χ2v) is 8.01. The van der Waals surface area contributed by atoms with Gasteiger partial charge in [-0.25, -0.2) is 9.97 Å². The van der Waals surface area contributed by atoms with Crippen molar-refractivity contribution in [1.82, 2.24) is 14.9 Å². The van der Waals surface area contributed by atoms with Crippen LogP contribution in [-0.4, -0.2) is 38.0 Å². The van der Waals surface area contributed by atoms with Crippen LogP contribution in [0.3, 0.4) is 0 Å². The highest BCUT2D eigenvalue weighted by atomic mass is 16.3. The largest absolute Gasteiger partial charge is 0.508 e. The number of nitrogens with zero attached hydrogens (tertiary/aromatic N) is 3. The number of furan rings is 1. The van der Waals surface area contributed by atoms with E-state index in [0.717, 1.165) is 24.0 Å². The molecule has 1 aromatic carbocycles. The maximum Gasteiger partial charge on any atom is 0.258 e. The molecule has 5 rings (SSSR count). The molecule has 2 aliphatic rings. The van der Waals surface area contributed by atoms with Crippen LogP contribution in [0.5, 0.6) is 5.75 Å². The average Bonchev–Trinajstić information content (AvgIpc) is 3.29. The van der Waals surface area contributed by atoms with Crippen LogP contribution in [0.1, 0.15) is 47.0 Å². The number of fused-ring (bicyclic) bond motifs is 2. The average molecular weight is 378 g/mol. The molecule has 2 aromatic heterocycles. The van der Waals surface area contributed by atoms with Crippen LogP contribution in [0.25, 0.3) is 11.1 Å². The Hall–Kier alpha value is -3.09. The first kappa shape index (κ1) is 17.0. The second-order valence-electron chi connectivity index (χ2n) is 8.01. The summed E-state index contributed by atoms with van der Waals surface area (Å²) in [7, 11) is 0. The van der Waals surface area contributed by atoms with E-state index in [9.17, 15) is 9.90 Å². The minimum atomic E-state index is -0.0935. The van der Waals surface area contributed by atoms with Crippen molar-refractivity contribution in [3.05, 3.63) is 47.0 Å². The number of rotatable bonds is 3. The van der Waals surface area contributed by atoms with Crippen LogP contribution in [-0.2, 0) is 13.0 Å². The third-order valence-electron chi connectivity index (χ3n) is 5.83. The van der Waals surface area contributed by atoms with E-state index in [1.54, 1.807) is 17.9 Å². The number of aromatic nitrogens is 2. The van der Waals surface area contributed by atoms with E-state index in [2.05, 4.69) is 22.2 Å². The van der Waals surface area contributed by atoms with Crippen molar-refractivity contribution < 1.29 is 14.3 Å². The van der Waals surface area contributed by atoms with Crippen molar-refractivity contribution in [3.8, 4) is 5.75 Å². The third-order valence-corrected chi connectivity index (χ3v) is 5.83. The van der Waals surface area contributed by atoms with Gasteiger partial charge >= 0.3 is 0 Å². The summed E-state index contributed by atoms with van der Waals surface area (Å²) in [6, 6.07) is 5.46. The Kier molecular flexibility index (Phi) is 3.62. The molecular formula is C21H22N4O3. The maximum absolute atomic E-state index is 13.4. The van der Waals surface area contributed by atoms with E-state index in [4.69, 9.17) is 4.42 Å². The van der Waals surface area contributed by atoms with E-state index in [-0.39, 0.29) is 11.4 Å². The molecule has 0 saturated heterocycles. The van der Waals surface area contributed by atoms with Gasteiger partial charge in [-0.2, -0.15) is 0 Å². The topological polar surface area (TPSA) is 91.5 Å². The van der Waals surface area contributed by atoms with E-state index >= 15 is 0 Å². The molecule has 28 heavy (non-hydrogen) atoms. The summed E-state index contributed by atoms with van der Waals surface area (Å²) in [6.45, 7) is 4.94. The Morgan fingerprint density at radius 2 is 2.14 bits per heavy atom. The molecule has 3 heterocycles. The zero-order chi connectivity index (χ0) is 19.5. The molecule has 1 fully saturated rings. The van der Waals surface area contributed by atoms with Crippen molar-refractivity contribution >= 4 is 22.8 Å². The van der Waals surface area contributed by atoms with Gasteiger partial charge < -0.3 is 19.7 Å². The van der Waals surface area contributed by atoms with Crippen LogP contribution in [0, 0.1) is 6.92 Å². The predicted octanol–water partition coefficient (Wildman–Crippen LogP) is 3.40. The first-order valence-electron chi connectivity index (χ1n) is 9.56. The number of amides is 1. The Bertz CT molecular complexity index is 1100. The van der Waals surface area contributed by atoms with Crippen molar-refractivity contribution in [2.24, 2.45) is 0 Å². The molecular weight excluding hydrogens is 356 g/mol. The number of phenolic OH excluding ortho intramolecular Hbond substituents is 1. The minimum absolute atomic E-state index is 0.0222. The van der Waals surface area contributed by atoms with Crippen molar-refractivity contribution in [3.63, 3.8) is 0 Å². The van der Waals surface area contributed by atoms with Crippen LogP contribution < -0.4 is 5.32 Å². The van der Waals surface area contributed by atoms with Crippen molar-refractivity contribution in [2.45, 2.75) is 45.2 Å². The van der Waals surface area contributed by atoms with Gasteiger partial charge in [-0.1, -0.05) is 12.1 Å². The van der Waals surface area contributed by atoms with Crippen LogP contribution in [0.4, 0.5) is 5.82 Å². The molecule has 1 aliphatic heterocycles. The van der Waals surface area contributed by atoms with Crippen LogP contribution in [0.2, 0.25) is 0 Å². The predicted molar refractivity (Wildman–Crippen MR) is 104 cm³/mol. The molecule has 144 valence electrons. The molecule has 0 bridgehead atoms. The highest BCUT2D eigenvalue weighted by Crippen LogP contribution is 2.40. The number of nitrogens with one attached hydrogen (secondary N) is 1. The van der Waals surface area contributed by atoms with Gasteiger partial charge in [-0.15, -0.1) is 0 Å². The van der Waals surface area contributed by atoms with Gasteiger partial charge in [0.15, 0.2) is 0 Å². The molecule has 3 aromatic rings. The highest BCUT2D eigenvalue weighted by Gasteiger charge is 2.39. The quantitative estimate of drug-likeness (QED) is 0.726. The first-order chi connectivity index (χ1) is 13.5. The van der Waals surface area contributed by atoms with Gasteiger partial charge in [0.1, 0.15) is 23.7 Å². The Morgan fingerprint density at radius 1 is 1.32 bits per heavy atom. The van der Waals surface area contributed by atoms with E-state index < -0.39 is 0 Å². The van der Waals surface area contributed by atoms with Gasteiger partial charge in [0, 0.05) is 24.2 Å². The normalized spacial score (nSPS) is 17.4. The summed E-state index contributed by atoms with van der Waals surface area (Å²) < 4.78 is 5.80. The van der Waals surface area contributed by atoms with Gasteiger partial charge in [0.05, 0.1) is 10.9 Å². The van der Waals surface area contributed by atoms with Crippen LogP contribution in [0.15, 0.2) is 28.9 Å². The van der Waals surface area contributed by atoms with Gasteiger partial charge in [0.25, 0.3) is 5.91 Å². The fraction of sp³-hybridized carbons (Fsp3) is 0.381. The third kappa shape index (κ3) is 2.69. The molecule has 1 amide bonds. The maximum atomic E-state index is 13.4. The SMILES string of the molecule is Cc1oc2ncnc(NC3(C)CC3)c2c1C(=O)N1CCc2c(O)cccc2C1. The lowest BCUT2D eigenvalue weighted by Gasteiger charge is -2.29.